The SMILES string of the molecule is CCC(C)(C)CNC(=O)c1cc(S(=O)(=O)Cl)cc(Br)c1C. The molecule has 1 amide bonds. The van der Waals surface area contributed by atoms with E-state index in [1.54, 1.807) is 6.92 Å². The molecule has 1 N–H and O–H groups in total. The minimum absolute atomic E-state index is 0.0169. The monoisotopic (exact) mass is 395 g/mol. The van der Waals surface area contributed by atoms with Crippen molar-refractivity contribution in [2.75, 3.05) is 6.54 Å². The number of amides is 1. The maximum Gasteiger partial charge on any atom is 0.261 e. The van der Waals surface area contributed by atoms with Gasteiger partial charge < -0.3 is 5.32 Å². The molecule has 4 nitrogen and oxygen atoms in total. The minimum atomic E-state index is -3.88. The van der Waals surface area contributed by atoms with Gasteiger partial charge in [-0.05, 0) is 36.5 Å². The molecule has 0 fully saturated rings. The second kappa shape index (κ2) is 6.67. The summed E-state index contributed by atoms with van der Waals surface area (Å²) in [5, 5.41) is 2.84. The average molecular weight is 397 g/mol. The summed E-state index contributed by atoms with van der Waals surface area (Å²) >= 11 is 3.26. The molecule has 118 valence electrons. The van der Waals surface area contributed by atoms with Gasteiger partial charge in [-0.15, -0.1) is 0 Å². The van der Waals surface area contributed by atoms with Gasteiger partial charge in [0.15, 0.2) is 0 Å². The Labute approximate surface area is 138 Å². The summed E-state index contributed by atoms with van der Waals surface area (Å²) in [6, 6.07) is 2.70. The number of carbonyl (C=O) groups excluding carboxylic acids is 1. The van der Waals surface area contributed by atoms with Crippen LogP contribution in [0.25, 0.3) is 0 Å². The number of nitrogens with one attached hydrogen (secondary N) is 1. The van der Waals surface area contributed by atoms with E-state index in [9.17, 15) is 13.2 Å². The second-order valence-electron chi connectivity index (χ2n) is 5.72. The van der Waals surface area contributed by atoms with Gasteiger partial charge in [0, 0.05) is 27.3 Å². The van der Waals surface area contributed by atoms with Crippen LogP contribution < -0.4 is 5.32 Å². The first-order chi connectivity index (χ1) is 9.48. The van der Waals surface area contributed by atoms with Crippen molar-refractivity contribution in [3.05, 3.63) is 27.7 Å². The van der Waals surface area contributed by atoms with E-state index in [1.165, 1.54) is 12.1 Å². The third-order valence-electron chi connectivity index (χ3n) is 3.53. The van der Waals surface area contributed by atoms with E-state index in [0.29, 0.717) is 22.1 Å². The summed E-state index contributed by atoms with van der Waals surface area (Å²) in [4.78, 5) is 12.2. The summed E-state index contributed by atoms with van der Waals surface area (Å²) < 4.78 is 23.4. The molecule has 0 saturated carbocycles. The molecule has 1 rings (SSSR count). The first-order valence-corrected chi connectivity index (χ1v) is 9.61. The van der Waals surface area contributed by atoms with Gasteiger partial charge in [0.2, 0.25) is 0 Å². The van der Waals surface area contributed by atoms with Gasteiger partial charge in [-0.1, -0.05) is 36.7 Å². The summed E-state index contributed by atoms with van der Waals surface area (Å²) in [7, 11) is 1.47. The van der Waals surface area contributed by atoms with Crippen molar-refractivity contribution in [2.45, 2.75) is 39.0 Å². The Morgan fingerprint density at radius 1 is 1.38 bits per heavy atom. The number of benzene rings is 1. The Hall–Kier alpha value is -0.590. The Bertz CT molecular complexity index is 656. The van der Waals surface area contributed by atoms with Crippen molar-refractivity contribution in [3.8, 4) is 0 Å². The molecule has 0 bridgehead atoms. The lowest BCUT2D eigenvalue weighted by Gasteiger charge is -2.23. The van der Waals surface area contributed by atoms with E-state index in [2.05, 4.69) is 42.0 Å². The Balaban J connectivity index is 3.13. The zero-order chi connectivity index (χ0) is 16.4. The lowest BCUT2D eigenvalue weighted by atomic mass is 9.90. The topological polar surface area (TPSA) is 63.2 Å². The highest BCUT2D eigenvalue weighted by Gasteiger charge is 2.21. The van der Waals surface area contributed by atoms with E-state index >= 15 is 0 Å². The van der Waals surface area contributed by atoms with Gasteiger partial charge in [0.25, 0.3) is 15.0 Å². The number of hydrogen-bond donors (Lipinski definition) is 1. The molecule has 0 radical (unpaired) electrons. The van der Waals surface area contributed by atoms with Gasteiger partial charge >= 0.3 is 0 Å². The molecular weight excluding hydrogens is 378 g/mol. The predicted molar refractivity (Wildman–Crippen MR) is 88.3 cm³/mol. The summed E-state index contributed by atoms with van der Waals surface area (Å²) in [5.74, 6) is -0.308. The predicted octanol–water partition coefficient (Wildman–Crippen LogP) is 3.85. The largest absolute Gasteiger partial charge is 0.351 e. The van der Waals surface area contributed by atoms with E-state index < -0.39 is 9.05 Å². The second-order valence-corrected chi connectivity index (χ2v) is 9.14. The zero-order valence-corrected chi connectivity index (χ0v) is 15.6. The number of carbonyl (C=O) groups is 1. The summed E-state index contributed by atoms with van der Waals surface area (Å²) in [5.41, 5.74) is 0.957. The molecule has 0 heterocycles. The van der Waals surface area contributed by atoms with Crippen LogP contribution >= 0.6 is 26.6 Å². The molecule has 0 aromatic heterocycles. The van der Waals surface area contributed by atoms with Crippen LogP contribution in [-0.4, -0.2) is 20.9 Å². The Morgan fingerprint density at radius 2 is 1.95 bits per heavy atom. The number of hydrogen-bond acceptors (Lipinski definition) is 3. The Kier molecular flexibility index (Phi) is 5.86. The van der Waals surface area contributed by atoms with Crippen LogP contribution in [0.3, 0.4) is 0 Å². The third-order valence-corrected chi connectivity index (χ3v) is 5.69. The van der Waals surface area contributed by atoms with Gasteiger partial charge in [0.05, 0.1) is 4.90 Å². The highest BCUT2D eigenvalue weighted by Crippen LogP contribution is 2.27. The molecule has 0 aliphatic carbocycles. The molecule has 0 aliphatic heterocycles. The fourth-order valence-electron chi connectivity index (χ4n) is 1.57. The molecule has 1 aromatic carbocycles. The quantitative estimate of drug-likeness (QED) is 0.769. The summed E-state index contributed by atoms with van der Waals surface area (Å²) in [6.45, 7) is 8.41. The molecule has 1 aromatic rings. The maximum absolute atomic E-state index is 12.3. The van der Waals surface area contributed by atoms with E-state index in [4.69, 9.17) is 10.7 Å². The van der Waals surface area contributed by atoms with Crippen LogP contribution in [0.2, 0.25) is 0 Å². The zero-order valence-electron chi connectivity index (χ0n) is 12.5. The van der Waals surface area contributed by atoms with Crippen LogP contribution in [0.4, 0.5) is 0 Å². The van der Waals surface area contributed by atoms with Crippen molar-refractivity contribution in [1.82, 2.24) is 5.32 Å². The van der Waals surface area contributed by atoms with Gasteiger partial charge in [-0.25, -0.2) is 8.42 Å². The van der Waals surface area contributed by atoms with E-state index in [0.717, 1.165) is 6.42 Å². The standard InChI is InChI=1S/C14H19BrClNO3S/c1-5-14(3,4)8-17-13(18)11-6-10(21(16,19)20)7-12(15)9(11)2/h6-7H,5,8H2,1-4H3,(H,17,18). The molecular formula is C14H19BrClNO3S. The molecule has 21 heavy (non-hydrogen) atoms. The van der Waals surface area contributed by atoms with Crippen molar-refractivity contribution in [2.24, 2.45) is 5.41 Å². The third kappa shape index (κ3) is 4.97. The minimum Gasteiger partial charge on any atom is -0.351 e. The average Bonchev–Trinajstić information content (AvgIpc) is 2.38. The van der Waals surface area contributed by atoms with E-state index in [1.807, 2.05) is 0 Å². The van der Waals surface area contributed by atoms with Gasteiger partial charge in [0.1, 0.15) is 0 Å². The van der Waals surface area contributed by atoms with Crippen LogP contribution in [0, 0.1) is 12.3 Å². The highest BCUT2D eigenvalue weighted by atomic mass is 79.9. The first-order valence-electron chi connectivity index (χ1n) is 6.51. The highest BCUT2D eigenvalue weighted by molar-refractivity contribution is 9.10. The normalized spacial score (nSPS) is 12.3. The number of halogens is 2. The summed E-state index contributed by atoms with van der Waals surface area (Å²) in [6.07, 6.45) is 0.923. The fraction of sp³-hybridized carbons (Fsp3) is 0.500. The van der Waals surface area contributed by atoms with Crippen molar-refractivity contribution in [1.29, 1.82) is 0 Å². The molecule has 0 aliphatic rings. The lowest BCUT2D eigenvalue weighted by Crippen LogP contribution is -2.34. The van der Waals surface area contributed by atoms with Crippen molar-refractivity contribution in [3.63, 3.8) is 0 Å². The molecule has 0 spiro atoms. The van der Waals surface area contributed by atoms with Crippen molar-refractivity contribution < 1.29 is 13.2 Å². The first kappa shape index (κ1) is 18.5. The van der Waals surface area contributed by atoms with Crippen LogP contribution in [-0.2, 0) is 9.05 Å². The smallest absolute Gasteiger partial charge is 0.261 e. The van der Waals surface area contributed by atoms with Crippen LogP contribution in [0.5, 0.6) is 0 Å². The van der Waals surface area contributed by atoms with Gasteiger partial charge in [-0.3, -0.25) is 4.79 Å². The van der Waals surface area contributed by atoms with Crippen LogP contribution in [0.15, 0.2) is 21.5 Å². The van der Waals surface area contributed by atoms with Gasteiger partial charge in [-0.2, -0.15) is 0 Å². The molecule has 7 heteroatoms. The van der Waals surface area contributed by atoms with E-state index in [-0.39, 0.29) is 16.2 Å². The molecule has 0 unspecified atom stereocenters. The number of rotatable bonds is 5. The van der Waals surface area contributed by atoms with Crippen molar-refractivity contribution >= 4 is 41.6 Å². The Morgan fingerprint density at radius 3 is 2.43 bits per heavy atom. The molecule has 0 saturated heterocycles. The molecule has 0 atom stereocenters. The fourth-order valence-corrected chi connectivity index (χ4v) is 2.97. The maximum atomic E-state index is 12.3. The van der Waals surface area contributed by atoms with Crippen LogP contribution in [0.1, 0.15) is 43.1 Å². The lowest BCUT2D eigenvalue weighted by molar-refractivity contribution is 0.0935.